The Bertz CT molecular complexity index is 477. The average molecular weight is 292 g/mol. The molecule has 0 aromatic heterocycles. The van der Waals surface area contributed by atoms with E-state index < -0.39 is 6.10 Å². The molecule has 1 atom stereocenters. The maximum absolute atomic E-state index is 11.3. The Hall–Kier alpha value is -1.43. The summed E-state index contributed by atoms with van der Waals surface area (Å²) < 4.78 is 5.26. The van der Waals surface area contributed by atoms with Gasteiger partial charge in [-0.1, -0.05) is 12.1 Å². The van der Waals surface area contributed by atoms with Gasteiger partial charge in [-0.15, -0.1) is 0 Å². The lowest BCUT2D eigenvalue weighted by molar-refractivity contribution is -0.115. The highest BCUT2D eigenvalue weighted by atomic mass is 16.5. The summed E-state index contributed by atoms with van der Waals surface area (Å²) in [6, 6.07) is 5.67. The maximum Gasteiger partial charge on any atom is 0.228 e. The van der Waals surface area contributed by atoms with E-state index in [4.69, 9.17) is 4.74 Å². The van der Waals surface area contributed by atoms with Crippen LogP contribution < -0.4 is 10.6 Å². The van der Waals surface area contributed by atoms with Crippen molar-refractivity contribution in [1.82, 2.24) is 5.32 Å². The number of hydrogen-bond donors (Lipinski definition) is 3. The zero-order valence-corrected chi connectivity index (χ0v) is 12.5. The second-order valence-electron chi connectivity index (χ2n) is 5.25. The van der Waals surface area contributed by atoms with Gasteiger partial charge in [0.2, 0.25) is 5.91 Å². The van der Waals surface area contributed by atoms with Crippen LogP contribution in [0.2, 0.25) is 0 Å². The number of hydrogen-bond acceptors (Lipinski definition) is 4. The van der Waals surface area contributed by atoms with E-state index in [-0.39, 0.29) is 5.91 Å². The van der Waals surface area contributed by atoms with E-state index in [0.717, 1.165) is 49.5 Å². The van der Waals surface area contributed by atoms with Crippen LogP contribution in [0.3, 0.4) is 0 Å². The van der Waals surface area contributed by atoms with Crippen molar-refractivity contribution < 1.29 is 14.6 Å². The van der Waals surface area contributed by atoms with Crippen molar-refractivity contribution in [1.29, 1.82) is 0 Å². The molecular formula is C16H24N2O3. The Balaban J connectivity index is 1.70. The molecule has 0 spiro atoms. The lowest BCUT2D eigenvalue weighted by Gasteiger charge is -2.13. The van der Waals surface area contributed by atoms with Crippen molar-refractivity contribution in [2.45, 2.75) is 32.3 Å². The first kappa shape index (κ1) is 15.9. The van der Waals surface area contributed by atoms with Gasteiger partial charge < -0.3 is 20.5 Å². The van der Waals surface area contributed by atoms with Gasteiger partial charge in [-0.05, 0) is 50.0 Å². The Kier molecular flexibility index (Phi) is 6.17. The smallest absolute Gasteiger partial charge is 0.228 e. The van der Waals surface area contributed by atoms with Crippen LogP contribution in [-0.2, 0) is 16.0 Å². The predicted octanol–water partition coefficient (Wildman–Crippen LogP) is 1.62. The standard InChI is InChI=1S/C16H24N2O3/c1-2-21-9-3-7-17-8-6-15(19)12-4-5-14-13(10-12)11-16(20)18-14/h4-5,10,15,17,19H,2-3,6-9,11H2,1H3,(H,18,20). The maximum atomic E-state index is 11.3. The molecule has 1 aliphatic rings. The summed E-state index contributed by atoms with van der Waals surface area (Å²) in [5.74, 6) is 0.0209. The van der Waals surface area contributed by atoms with Gasteiger partial charge in [0.05, 0.1) is 12.5 Å². The van der Waals surface area contributed by atoms with E-state index in [1.165, 1.54) is 0 Å². The largest absolute Gasteiger partial charge is 0.388 e. The number of carbonyl (C=O) groups is 1. The zero-order chi connectivity index (χ0) is 15.1. The fourth-order valence-electron chi connectivity index (χ4n) is 2.43. The molecule has 21 heavy (non-hydrogen) atoms. The number of rotatable bonds is 9. The fraction of sp³-hybridized carbons (Fsp3) is 0.562. The second kappa shape index (κ2) is 8.12. The summed E-state index contributed by atoms with van der Waals surface area (Å²) in [6.45, 7) is 5.19. The van der Waals surface area contributed by atoms with Crippen molar-refractivity contribution in [3.05, 3.63) is 29.3 Å². The first-order chi connectivity index (χ1) is 10.2. The molecule has 1 aliphatic heterocycles. The molecule has 1 unspecified atom stereocenters. The molecule has 3 N–H and O–H groups in total. The molecule has 0 aliphatic carbocycles. The molecule has 1 amide bonds. The van der Waals surface area contributed by atoms with E-state index in [1.54, 1.807) is 0 Å². The summed E-state index contributed by atoms with van der Waals surface area (Å²) in [5, 5.41) is 16.3. The van der Waals surface area contributed by atoms with Gasteiger partial charge in [-0.25, -0.2) is 0 Å². The highest BCUT2D eigenvalue weighted by Crippen LogP contribution is 2.27. The molecule has 2 rings (SSSR count). The number of aliphatic hydroxyl groups is 1. The highest BCUT2D eigenvalue weighted by Gasteiger charge is 2.19. The fourth-order valence-corrected chi connectivity index (χ4v) is 2.43. The lowest BCUT2D eigenvalue weighted by Crippen LogP contribution is -2.20. The van der Waals surface area contributed by atoms with Crippen LogP contribution in [0, 0.1) is 0 Å². The minimum Gasteiger partial charge on any atom is -0.388 e. The first-order valence-corrected chi connectivity index (χ1v) is 7.60. The van der Waals surface area contributed by atoms with E-state index in [9.17, 15) is 9.90 Å². The van der Waals surface area contributed by atoms with E-state index >= 15 is 0 Å². The quantitative estimate of drug-likeness (QED) is 0.605. The SMILES string of the molecule is CCOCCCNCCC(O)c1ccc2c(c1)CC(=O)N2. The Labute approximate surface area is 125 Å². The van der Waals surface area contributed by atoms with Crippen molar-refractivity contribution in [3.63, 3.8) is 0 Å². The Morgan fingerprint density at radius 3 is 3.10 bits per heavy atom. The summed E-state index contributed by atoms with van der Waals surface area (Å²) in [7, 11) is 0. The molecule has 0 radical (unpaired) electrons. The van der Waals surface area contributed by atoms with Crippen molar-refractivity contribution in [2.24, 2.45) is 0 Å². The summed E-state index contributed by atoms with van der Waals surface area (Å²) in [5.41, 5.74) is 2.72. The molecule has 0 saturated heterocycles. The summed E-state index contributed by atoms with van der Waals surface area (Å²) >= 11 is 0. The van der Waals surface area contributed by atoms with Crippen LogP contribution in [0.4, 0.5) is 5.69 Å². The van der Waals surface area contributed by atoms with Crippen LogP contribution >= 0.6 is 0 Å². The molecule has 116 valence electrons. The number of anilines is 1. The second-order valence-corrected chi connectivity index (χ2v) is 5.25. The van der Waals surface area contributed by atoms with Gasteiger partial charge in [0.1, 0.15) is 0 Å². The van der Waals surface area contributed by atoms with Crippen molar-refractivity contribution >= 4 is 11.6 Å². The van der Waals surface area contributed by atoms with Gasteiger partial charge in [0.15, 0.2) is 0 Å². The molecule has 0 bridgehead atoms. The van der Waals surface area contributed by atoms with Crippen LogP contribution in [-0.4, -0.2) is 37.3 Å². The van der Waals surface area contributed by atoms with Gasteiger partial charge in [0.25, 0.3) is 0 Å². The summed E-state index contributed by atoms with van der Waals surface area (Å²) in [4.78, 5) is 11.3. The molecule has 0 fully saturated rings. The van der Waals surface area contributed by atoms with Crippen molar-refractivity contribution in [3.8, 4) is 0 Å². The topological polar surface area (TPSA) is 70.6 Å². The highest BCUT2D eigenvalue weighted by molar-refractivity contribution is 5.99. The van der Waals surface area contributed by atoms with Crippen molar-refractivity contribution in [2.75, 3.05) is 31.6 Å². The normalized spacial score (nSPS) is 14.9. The molecule has 1 aromatic carbocycles. The number of aliphatic hydroxyl groups excluding tert-OH is 1. The molecular weight excluding hydrogens is 268 g/mol. The van der Waals surface area contributed by atoms with Crippen LogP contribution in [0.1, 0.15) is 37.0 Å². The number of fused-ring (bicyclic) bond motifs is 1. The van der Waals surface area contributed by atoms with Gasteiger partial charge in [-0.3, -0.25) is 4.79 Å². The third kappa shape index (κ3) is 4.81. The third-order valence-electron chi connectivity index (χ3n) is 3.58. The predicted molar refractivity (Wildman–Crippen MR) is 82.3 cm³/mol. The zero-order valence-electron chi connectivity index (χ0n) is 12.5. The number of ether oxygens (including phenoxy) is 1. The first-order valence-electron chi connectivity index (χ1n) is 7.60. The summed E-state index contributed by atoms with van der Waals surface area (Å²) in [6.07, 6.45) is 1.56. The van der Waals surface area contributed by atoms with E-state index in [0.29, 0.717) is 12.8 Å². The minimum atomic E-state index is -0.495. The number of carbonyl (C=O) groups excluding carboxylic acids is 1. The Morgan fingerprint density at radius 2 is 2.29 bits per heavy atom. The van der Waals surface area contributed by atoms with Crippen LogP contribution in [0.5, 0.6) is 0 Å². The van der Waals surface area contributed by atoms with Gasteiger partial charge in [0, 0.05) is 18.9 Å². The molecule has 0 saturated carbocycles. The molecule has 1 aromatic rings. The lowest BCUT2D eigenvalue weighted by atomic mass is 10.0. The third-order valence-corrected chi connectivity index (χ3v) is 3.58. The van der Waals surface area contributed by atoms with Crippen LogP contribution in [0.25, 0.3) is 0 Å². The van der Waals surface area contributed by atoms with E-state index in [2.05, 4.69) is 10.6 Å². The molecule has 5 heteroatoms. The number of nitrogens with one attached hydrogen (secondary N) is 2. The van der Waals surface area contributed by atoms with Gasteiger partial charge in [-0.2, -0.15) is 0 Å². The number of amides is 1. The van der Waals surface area contributed by atoms with E-state index in [1.807, 2.05) is 25.1 Å². The van der Waals surface area contributed by atoms with Crippen LogP contribution in [0.15, 0.2) is 18.2 Å². The molecule has 1 heterocycles. The van der Waals surface area contributed by atoms with Gasteiger partial charge >= 0.3 is 0 Å². The average Bonchev–Trinajstić information content (AvgIpc) is 2.85. The Morgan fingerprint density at radius 1 is 1.43 bits per heavy atom. The number of benzene rings is 1. The monoisotopic (exact) mass is 292 g/mol. The minimum absolute atomic E-state index is 0.0209. The molecule has 5 nitrogen and oxygen atoms in total.